The monoisotopic (exact) mass is 294 g/mol. The van der Waals surface area contributed by atoms with Crippen LogP contribution in [0.5, 0.6) is 0 Å². The molecule has 0 heterocycles. The average Bonchev–Trinajstić information content (AvgIpc) is 2.71. The minimum Gasteiger partial charge on any atom is -0.393 e. The molecule has 4 aliphatic rings. The van der Waals surface area contributed by atoms with Crippen LogP contribution in [0, 0.1) is 29.1 Å². The Kier molecular flexibility index (Phi) is 3.23. The van der Waals surface area contributed by atoms with Crippen LogP contribution in [0.4, 0.5) is 0 Å². The van der Waals surface area contributed by atoms with Gasteiger partial charge in [0.1, 0.15) is 0 Å². The predicted octanol–water partition coefficient (Wildman–Crippen LogP) is 2.48. The van der Waals surface area contributed by atoms with Gasteiger partial charge in [0, 0.05) is 5.41 Å². The number of aliphatic hydroxyl groups excluding tert-OH is 2. The molecule has 120 valence electrons. The molecule has 4 saturated carbocycles. The second-order valence-corrected chi connectivity index (χ2v) is 8.67. The van der Waals surface area contributed by atoms with Gasteiger partial charge >= 0.3 is 0 Å². The fourth-order valence-corrected chi connectivity index (χ4v) is 6.78. The normalized spacial score (nSPS) is 60.0. The summed E-state index contributed by atoms with van der Waals surface area (Å²) in [6, 6.07) is 0. The molecular weight excluding hydrogens is 264 g/mol. The topological polar surface area (TPSA) is 60.7 Å². The molecule has 21 heavy (non-hydrogen) atoms. The van der Waals surface area contributed by atoms with E-state index in [-0.39, 0.29) is 17.6 Å². The molecule has 0 aromatic carbocycles. The number of rotatable bonds is 0. The van der Waals surface area contributed by atoms with Gasteiger partial charge in [-0.1, -0.05) is 6.92 Å². The van der Waals surface area contributed by atoms with E-state index in [2.05, 4.69) is 6.92 Å². The second-order valence-electron chi connectivity index (χ2n) is 8.67. The van der Waals surface area contributed by atoms with Crippen LogP contribution in [-0.4, -0.2) is 33.1 Å². The summed E-state index contributed by atoms with van der Waals surface area (Å²) in [6.07, 6.45) is 8.60. The molecule has 3 heteroatoms. The van der Waals surface area contributed by atoms with Gasteiger partial charge in [-0.05, 0) is 81.5 Å². The van der Waals surface area contributed by atoms with E-state index in [0.29, 0.717) is 23.7 Å². The summed E-state index contributed by atoms with van der Waals surface area (Å²) >= 11 is 0. The van der Waals surface area contributed by atoms with Gasteiger partial charge < -0.3 is 15.3 Å². The second kappa shape index (κ2) is 4.69. The zero-order chi connectivity index (χ0) is 14.8. The fourth-order valence-electron chi connectivity index (χ4n) is 6.78. The van der Waals surface area contributed by atoms with Crippen molar-refractivity contribution >= 4 is 0 Å². The fraction of sp³-hybridized carbons (Fsp3) is 1.00. The third kappa shape index (κ3) is 1.83. The third-order valence-electron chi connectivity index (χ3n) is 8.06. The molecule has 0 amide bonds. The molecule has 0 bridgehead atoms. The van der Waals surface area contributed by atoms with Crippen molar-refractivity contribution in [3.8, 4) is 0 Å². The van der Waals surface area contributed by atoms with Crippen LogP contribution in [0.1, 0.15) is 64.7 Å². The summed E-state index contributed by atoms with van der Waals surface area (Å²) in [6.45, 7) is 2.12. The van der Waals surface area contributed by atoms with Crippen LogP contribution in [0.15, 0.2) is 0 Å². The highest BCUT2D eigenvalue weighted by Gasteiger charge is 2.65. The lowest BCUT2D eigenvalue weighted by atomic mass is 9.48. The summed E-state index contributed by atoms with van der Waals surface area (Å²) < 4.78 is 0. The minimum atomic E-state index is -0.642. The number of hydrogen-bond donors (Lipinski definition) is 3. The lowest BCUT2D eigenvalue weighted by Gasteiger charge is -2.59. The quantitative estimate of drug-likeness (QED) is 0.643. The lowest BCUT2D eigenvalue weighted by molar-refractivity contribution is -0.197. The van der Waals surface area contributed by atoms with Crippen molar-refractivity contribution < 1.29 is 15.3 Å². The van der Waals surface area contributed by atoms with Gasteiger partial charge in [-0.15, -0.1) is 0 Å². The molecule has 4 fully saturated rings. The molecule has 0 spiro atoms. The van der Waals surface area contributed by atoms with Gasteiger partial charge in [-0.25, -0.2) is 0 Å². The molecular formula is C18H30O3. The zero-order valence-electron chi connectivity index (χ0n) is 13.2. The van der Waals surface area contributed by atoms with Crippen molar-refractivity contribution in [2.45, 2.75) is 82.5 Å². The molecule has 3 nitrogen and oxygen atoms in total. The molecule has 8 atom stereocenters. The lowest BCUT2D eigenvalue weighted by Crippen LogP contribution is -2.60. The molecule has 4 rings (SSSR count). The molecule has 2 unspecified atom stereocenters. The first-order chi connectivity index (χ1) is 9.96. The van der Waals surface area contributed by atoms with Crippen molar-refractivity contribution in [2.75, 3.05) is 0 Å². The van der Waals surface area contributed by atoms with Crippen LogP contribution in [0.2, 0.25) is 0 Å². The maximum atomic E-state index is 11.5. The first-order valence-electron chi connectivity index (χ1n) is 9.04. The highest BCUT2D eigenvalue weighted by atomic mass is 16.3. The van der Waals surface area contributed by atoms with Crippen molar-refractivity contribution in [2.24, 2.45) is 29.1 Å². The molecule has 0 saturated heterocycles. The Morgan fingerprint density at radius 2 is 1.67 bits per heavy atom. The Morgan fingerprint density at radius 3 is 2.48 bits per heavy atom. The van der Waals surface area contributed by atoms with E-state index in [1.165, 1.54) is 0 Å². The van der Waals surface area contributed by atoms with Crippen LogP contribution in [0.25, 0.3) is 0 Å². The SMILES string of the molecule is C[C@]12CC[C@H]3[C@H]4CCC(O)CC4CC[C@@H]3[C@@]1(O)CC[C@H]2O. The third-order valence-corrected chi connectivity index (χ3v) is 8.06. The summed E-state index contributed by atoms with van der Waals surface area (Å²) in [4.78, 5) is 0. The van der Waals surface area contributed by atoms with E-state index in [1.807, 2.05) is 0 Å². The number of fused-ring (bicyclic) bond motifs is 5. The molecule has 0 aromatic heterocycles. The Labute approximate surface area is 127 Å². The van der Waals surface area contributed by atoms with Gasteiger partial charge in [0.05, 0.1) is 17.8 Å². The Morgan fingerprint density at radius 1 is 0.857 bits per heavy atom. The van der Waals surface area contributed by atoms with Crippen LogP contribution >= 0.6 is 0 Å². The van der Waals surface area contributed by atoms with E-state index >= 15 is 0 Å². The highest BCUT2D eigenvalue weighted by Crippen LogP contribution is 2.64. The van der Waals surface area contributed by atoms with E-state index in [4.69, 9.17) is 0 Å². The summed E-state index contributed by atoms with van der Waals surface area (Å²) in [5.74, 6) is 2.39. The predicted molar refractivity (Wildman–Crippen MR) is 80.6 cm³/mol. The highest BCUT2D eigenvalue weighted by molar-refractivity contribution is 5.15. The van der Waals surface area contributed by atoms with E-state index in [9.17, 15) is 15.3 Å². The molecule has 3 N–H and O–H groups in total. The van der Waals surface area contributed by atoms with Crippen molar-refractivity contribution in [1.29, 1.82) is 0 Å². The first kappa shape index (κ1) is 14.5. The van der Waals surface area contributed by atoms with Gasteiger partial charge in [-0.3, -0.25) is 0 Å². The average molecular weight is 294 g/mol. The van der Waals surface area contributed by atoms with Gasteiger partial charge in [0.25, 0.3) is 0 Å². The van der Waals surface area contributed by atoms with Gasteiger partial charge in [-0.2, -0.15) is 0 Å². The first-order valence-corrected chi connectivity index (χ1v) is 9.04. The molecule has 4 aliphatic carbocycles. The maximum absolute atomic E-state index is 11.5. The summed E-state index contributed by atoms with van der Waals surface area (Å²) in [5.41, 5.74) is -0.925. The van der Waals surface area contributed by atoms with Gasteiger partial charge in [0.2, 0.25) is 0 Å². The largest absolute Gasteiger partial charge is 0.393 e. The standard InChI is InChI=1S/C18H30O3/c1-17-8-6-14-13-4-3-12(19)10-11(13)2-5-15(14)18(17,21)9-7-16(17)20/h11-16,19-21H,2-10H2,1H3/t11?,12?,13-,14-,15-,16+,17+,18-/m0/s1. The van der Waals surface area contributed by atoms with Crippen molar-refractivity contribution in [1.82, 2.24) is 0 Å². The Bertz CT molecular complexity index is 425. The maximum Gasteiger partial charge on any atom is 0.0757 e. The number of aliphatic hydroxyl groups is 3. The number of hydrogen-bond acceptors (Lipinski definition) is 3. The Hall–Kier alpha value is -0.120. The summed E-state index contributed by atoms with van der Waals surface area (Å²) in [5, 5.41) is 31.8. The van der Waals surface area contributed by atoms with Crippen molar-refractivity contribution in [3.63, 3.8) is 0 Å². The minimum absolute atomic E-state index is 0.0898. The Balaban J connectivity index is 1.62. The van der Waals surface area contributed by atoms with Crippen LogP contribution in [0.3, 0.4) is 0 Å². The molecule has 0 radical (unpaired) electrons. The smallest absolute Gasteiger partial charge is 0.0757 e. The molecule has 0 aromatic rings. The zero-order valence-corrected chi connectivity index (χ0v) is 13.2. The van der Waals surface area contributed by atoms with E-state index < -0.39 is 5.60 Å². The van der Waals surface area contributed by atoms with E-state index in [1.54, 1.807) is 0 Å². The van der Waals surface area contributed by atoms with Gasteiger partial charge in [0.15, 0.2) is 0 Å². The van der Waals surface area contributed by atoms with Crippen molar-refractivity contribution in [3.05, 3.63) is 0 Å². The summed E-state index contributed by atoms with van der Waals surface area (Å²) in [7, 11) is 0. The van der Waals surface area contributed by atoms with Crippen LogP contribution < -0.4 is 0 Å². The molecule has 0 aliphatic heterocycles. The van der Waals surface area contributed by atoms with Crippen LogP contribution in [-0.2, 0) is 0 Å². The van der Waals surface area contributed by atoms with E-state index in [0.717, 1.165) is 57.8 Å².